The van der Waals surface area contributed by atoms with Gasteiger partial charge in [0.25, 0.3) is 5.89 Å². The third-order valence-corrected chi connectivity index (χ3v) is 5.28. The Hall–Kier alpha value is -2.31. The molecule has 2 aromatic heterocycles. The second kappa shape index (κ2) is 7.93. The Bertz CT molecular complexity index is 729. The van der Waals surface area contributed by atoms with Crippen molar-refractivity contribution in [1.29, 1.82) is 0 Å². The second-order valence-electron chi connectivity index (χ2n) is 7.63. The van der Waals surface area contributed by atoms with Gasteiger partial charge in [-0.2, -0.15) is 0 Å². The SMILES string of the molecule is CCC(C)(C)C(=O)N1CCCC(CCc2nnc(-c3cnccn3)o2)C1. The van der Waals surface area contributed by atoms with Gasteiger partial charge in [-0.3, -0.25) is 9.78 Å². The third-order valence-electron chi connectivity index (χ3n) is 5.28. The van der Waals surface area contributed by atoms with Gasteiger partial charge < -0.3 is 9.32 Å². The number of likely N-dealkylation sites (tertiary alicyclic amines) is 1. The first-order chi connectivity index (χ1) is 12.5. The lowest BCUT2D eigenvalue weighted by molar-refractivity contribution is -0.142. The Morgan fingerprint density at radius 1 is 1.35 bits per heavy atom. The quantitative estimate of drug-likeness (QED) is 0.789. The number of amides is 1. The van der Waals surface area contributed by atoms with Crippen molar-refractivity contribution in [3.8, 4) is 11.6 Å². The van der Waals surface area contributed by atoms with Crippen molar-refractivity contribution >= 4 is 5.91 Å². The molecule has 3 heterocycles. The molecule has 1 aliphatic rings. The van der Waals surface area contributed by atoms with Gasteiger partial charge in [0.05, 0.1) is 6.20 Å². The van der Waals surface area contributed by atoms with Gasteiger partial charge in [0.1, 0.15) is 5.69 Å². The maximum Gasteiger partial charge on any atom is 0.267 e. The Morgan fingerprint density at radius 2 is 2.19 bits per heavy atom. The van der Waals surface area contributed by atoms with Crippen LogP contribution in [0.5, 0.6) is 0 Å². The predicted molar refractivity (Wildman–Crippen MR) is 97.0 cm³/mol. The molecule has 26 heavy (non-hydrogen) atoms. The summed E-state index contributed by atoms with van der Waals surface area (Å²) >= 11 is 0. The summed E-state index contributed by atoms with van der Waals surface area (Å²) in [6.07, 6.45) is 9.54. The fourth-order valence-electron chi connectivity index (χ4n) is 3.26. The van der Waals surface area contributed by atoms with Crippen LogP contribution in [-0.2, 0) is 11.2 Å². The lowest BCUT2D eigenvalue weighted by Gasteiger charge is -2.37. The van der Waals surface area contributed by atoms with Crippen LogP contribution < -0.4 is 0 Å². The first-order valence-corrected chi connectivity index (χ1v) is 9.37. The molecule has 140 valence electrons. The van der Waals surface area contributed by atoms with Crippen LogP contribution in [0.2, 0.25) is 0 Å². The van der Waals surface area contributed by atoms with E-state index in [4.69, 9.17) is 4.42 Å². The number of rotatable bonds is 6. The standard InChI is InChI=1S/C19H27N5O2/c1-4-19(2,3)18(25)24-11-5-6-14(13-24)7-8-16-22-23-17(26-16)15-12-20-9-10-21-15/h9-10,12,14H,4-8,11,13H2,1-3H3. The van der Waals surface area contributed by atoms with Crippen molar-refractivity contribution in [1.82, 2.24) is 25.1 Å². The highest BCUT2D eigenvalue weighted by Gasteiger charge is 2.33. The zero-order valence-corrected chi connectivity index (χ0v) is 15.8. The zero-order chi connectivity index (χ0) is 18.6. The predicted octanol–water partition coefficient (Wildman–Crippen LogP) is 3.13. The van der Waals surface area contributed by atoms with E-state index in [0.29, 0.717) is 23.4 Å². The van der Waals surface area contributed by atoms with Crippen molar-refractivity contribution in [2.75, 3.05) is 13.1 Å². The lowest BCUT2D eigenvalue weighted by Crippen LogP contribution is -2.46. The molecule has 0 aliphatic carbocycles. The summed E-state index contributed by atoms with van der Waals surface area (Å²) in [4.78, 5) is 22.9. The Balaban J connectivity index is 1.55. The van der Waals surface area contributed by atoms with Crippen LogP contribution in [-0.4, -0.2) is 44.1 Å². The van der Waals surface area contributed by atoms with Crippen molar-refractivity contribution in [3.05, 3.63) is 24.5 Å². The van der Waals surface area contributed by atoms with Crippen LogP contribution in [0.25, 0.3) is 11.6 Å². The van der Waals surface area contributed by atoms with E-state index < -0.39 is 0 Å². The van der Waals surface area contributed by atoms with E-state index in [9.17, 15) is 4.79 Å². The van der Waals surface area contributed by atoms with Gasteiger partial charge in [-0.05, 0) is 31.6 Å². The largest absolute Gasteiger partial charge is 0.419 e. The van der Waals surface area contributed by atoms with Crippen LogP contribution in [0.1, 0.15) is 52.3 Å². The number of hydrogen-bond acceptors (Lipinski definition) is 6. The van der Waals surface area contributed by atoms with E-state index in [0.717, 1.165) is 45.2 Å². The topological polar surface area (TPSA) is 85.0 Å². The van der Waals surface area contributed by atoms with E-state index >= 15 is 0 Å². The van der Waals surface area contributed by atoms with E-state index in [1.54, 1.807) is 18.6 Å². The summed E-state index contributed by atoms with van der Waals surface area (Å²) in [5.74, 6) is 1.76. The molecule has 3 rings (SSSR count). The second-order valence-corrected chi connectivity index (χ2v) is 7.63. The number of aryl methyl sites for hydroxylation is 1. The smallest absolute Gasteiger partial charge is 0.267 e. The number of aromatic nitrogens is 4. The molecule has 2 aromatic rings. The number of carbonyl (C=O) groups excluding carboxylic acids is 1. The van der Waals surface area contributed by atoms with Gasteiger partial charge in [-0.1, -0.05) is 20.8 Å². The fraction of sp³-hybridized carbons (Fsp3) is 0.632. The van der Waals surface area contributed by atoms with E-state index in [1.807, 2.05) is 18.7 Å². The highest BCUT2D eigenvalue weighted by Crippen LogP contribution is 2.28. The summed E-state index contributed by atoms with van der Waals surface area (Å²) in [6, 6.07) is 0. The number of carbonyl (C=O) groups is 1. The molecular weight excluding hydrogens is 330 g/mol. The fourth-order valence-corrected chi connectivity index (χ4v) is 3.26. The molecule has 0 spiro atoms. The van der Waals surface area contributed by atoms with E-state index in [2.05, 4.69) is 27.1 Å². The van der Waals surface area contributed by atoms with Crippen LogP contribution in [0.3, 0.4) is 0 Å². The minimum atomic E-state index is -0.278. The summed E-state index contributed by atoms with van der Waals surface area (Å²) in [6.45, 7) is 7.84. The zero-order valence-electron chi connectivity index (χ0n) is 15.8. The van der Waals surface area contributed by atoms with Gasteiger partial charge in [0.15, 0.2) is 0 Å². The van der Waals surface area contributed by atoms with Crippen molar-refractivity contribution in [2.45, 2.75) is 52.9 Å². The van der Waals surface area contributed by atoms with Crippen molar-refractivity contribution in [2.24, 2.45) is 11.3 Å². The minimum Gasteiger partial charge on any atom is -0.419 e. The highest BCUT2D eigenvalue weighted by molar-refractivity contribution is 5.82. The summed E-state index contributed by atoms with van der Waals surface area (Å²) in [5, 5.41) is 8.17. The molecule has 1 fully saturated rings. The van der Waals surface area contributed by atoms with Crippen LogP contribution in [0.15, 0.2) is 23.0 Å². The molecule has 0 N–H and O–H groups in total. The molecule has 0 saturated carbocycles. The molecule has 0 bridgehead atoms. The first-order valence-electron chi connectivity index (χ1n) is 9.37. The summed E-state index contributed by atoms with van der Waals surface area (Å²) in [5.41, 5.74) is 0.308. The number of nitrogens with zero attached hydrogens (tertiary/aromatic N) is 5. The average molecular weight is 357 g/mol. The molecule has 7 heteroatoms. The van der Waals surface area contributed by atoms with E-state index in [1.165, 1.54) is 0 Å². The first kappa shape index (κ1) is 18.5. The third kappa shape index (κ3) is 4.26. The molecule has 1 unspecified atom stereocenters. The highest BCUT2D eigenvalue weighted by atomic mass is 16.4. The Kier molecular flexibility index (Phi) is 5.64. The van der Waals surface area contributed by atoms with Gasteiger partial charge in [0.2, 0.25) is 11.8 Å². The monoisotopic (exact) mass is 357 g/mol. The van der Waals surface area contributed by atoms with Crippen molar-refractivity contribution < 1.29 is 9.21 Å². The van der Waals surface area contributed by atoms with E-state index in [-0.39, 0.29) is 11.3 Å². The van der Waals surface area contributed by atoms with Gasteiger partial charge >= 0.3 is 0 Å². The number of piperidine rings is 1. The van der Waals surface area contributed by atoms with Gasteiger partial charge in [-0.15, -0.1) is 10.2 Å². The summed E-state index contributed by atoms with van der Waals surface area (Å²) in [7, 11) is 0. The number of hydrogen-bond donors (Lipinski definition) is 0. The Labute approximate surface area is 154 Å². The average Bonchev–Trinajstić information content (AvgIpc) is 3.16. The molecule has 1 saturated heterocycles. The molecule has 7 nitrogen and oxygen atoms in total. The molecular formula is C19H27N5O2. The van der Waals surface area contributed by atoms with Crippen LogP contribution in [0, 0.1) is 11.3 Å². The minimum absolute atomic E-state index is 0.271. The van der Waals surface area contributed by atoms with Crippen LogP contribution in [0.4, 0.5) is 0 Å². The molecule has 0 aromatic carbocycles. The molecule has 0 radical (unpaired) electrons. The maximum absolute atomic E-state index is 12.7. The molecule has 1 atom stereocenters. The Morgan fingerprint density at radius 3 is 2.92 bits per heavy atom. The molecule has 1 amide bonds. The van der Waals surface area contributed by atoms with Crippen LogP contribution >= 0.6 is 0 Å². The van der Waals surface area contributed by atoms with Gasteiger partial charge in [0, 0.05) is 37.3 Å². The summed E-state index contributed by atoms with van der Waals surface area (Å²) < 4.78 is 5.70. The molecule has 1 aliphatic heterocycles. The normalized spacial score (nSPS) is 18.1. The lowest BCUT2D eigenvalue weighted by atomic mass is 9.86. The van der Waals surface area contributed by atoms with Gasteiger partial charge in [-0.25, -0.2) is 4.98 Å². The maximum atomic E-state index is 12.7. The van der Waals surface area contributed by atoms with Crippen molar-refractivity contribution in [3.63, 3.8) is 0 Å².